The minimum absolute atomic E-state index is 0.0790. The molecule has 164 valence electrons. The molecule has 1 saturated heterocycles. The van der Waals surface area contributed by atoms with Crippen molar-refractivity contribution in [1.29, 1.82) is 0 Å². The number of hydrogen-bond donors (Lipinski definition) is 3. The third-order valence-corrected chi connectivity index (χ3v) is 3.89. The third-order valence-electron chi connectivity index (χ3n) is 3.89. The number of nitrogens with two attached hydrogens (primary N) is 1. The van der Waals surface area contributed by atoms with Gasteiger partial charge in [0.25, 0.3) is 17.7 Å². The molecule has 1 fully saturated rings. The highest BCUT2D eigenvalue weighted by Crippen LogP contribution is 2.25. The SMILES string of the molecule is NC(=O)[C@H](NC(=O)C(F)(F)C(F)F)C(=O)Nc1ccc(N2CCOCC2=O)c(F)c1. The molecule has 4 amide bonds. The van der Waals surface area contributed by atoms with E-state index in [0.717, 1.165) is 28.4 Å². The van der Waals surface area contributed by atoms with E-state index in [9.17, 15) is 41.1 Å². The lowest BCUT2D eigenvalue weighted by Crippen LogP contribution is -2.57. The summed E-state index contributed by atoms with van der Waals surface area (Å²) in [4.78, 5) is 47.5. The predicted octanol–water partition coefficient (Wildman–Crippen LogP) is -0.00210. The van der Waals surface area contributed by atoms with Gasteiger partial charge in [-0.15, -0.1) is 0 Å². The lowest BCUT2D eigenvalue weighted by atomic mass is 10.2. The number of morpholine rings is 1. The molecule has 1 aliphatic rings. The number of carbonyl (C=O) groups is 4. The summed E-state index contributed by atoms with van der Waals surface area (Å²) in [5, 5.41) is 3.06. The minimum Gasteiger partial charge on any atom is -0.370 e. The van der Waals surface area contributed by atoms with Gasteiger partial charge in [0.1, 0.15) is 12.4 Å². The van der Waals surface area contributed by atoms with Crippen LogP contribution < -0.4 is 21.3 Å². The molecule has 0 radical (unpaired) electrons. The van der Waals surface area contributed by atoms with Crippen molar-refractivity contribution >= 4 is 35.0 Å². The molecule has 0 saturated carbocycles. The van der Waals surface area contributed by atoms with Crippen LogP contribution in [0.25, 0.3) is 0 Å². The first kappa shape index (κ1) is 23.0. The van der Waals surface area contributed by atoms with Gasteiger partial charge < -0.3 is 26.0 Å². The molecule has 1 heterocycles. The van der Waals surface area contributed by atoms with Crippen LogP contribution in [0.15, 0.2) is 18.2 Å². The minimum atomic E-state index is -5.17. The molecule has 2 rings (SSSR count). The van der Waals surface area contributed by atoms with Gasteiger partial charge in [-0.05, 0) is 18.2 Å². The molecule has 9 nitrogen and oxygen atoms in total. The van der Waals surface area contributed by atoms with E-state index in [-0.39, 0.29) is 31.1 Å². The van der Waals surface area contributed by atoms with Gasteiger partial charge in [0.2, 0.25) is 5.91 Å². The summed E-state index contributed by atoms with van der Waals surface area (Å²) >= 11 is 0. The van der Waals surface area contributed by atoms with Crippen molar-refractivity contribution in [3.63, 3.8) is 0 Å². The van der Waals surface area contributed by atoms with Gasteiger partial charge in [0.15, 0.2) is 6.04 Å². The first-order valence-corrected chi connectivity index (χ1v) is 8.20. The number of nitrogens with zero attached hydrogens (tertiary/aromatic N) is 1. The molecule has 14 heteroatoms. The Morgan fingerprint density at radius 2 is 1.90 bits per heavy atom. The standard InChI is InChI=1S/C16H15F5N4O5/c17-8-5-7(1-2-9(8)25-3-4-30-6-10(25)26)23-13(28)11(12(22)27)24-15(29)16(20,21)14(18)19/h1-2,5,11,14H,3-4,6H2,(H2,22,27)(H,23,28)(H,24,29)/t11-/m0/s1. The Morgan fingerprint density at radius 3 is 2.43 bits per heavy atom. The van der Waals surface area contributed by atoms with Gasteiger partial charge in [-0.2, -0.15) is 8.78 Å². The van der Waals surface area contributed by atoms with Crippen molar-refractivity contribution in [2.75, 3.05) is 30.0 Å². The fraction of sp³-hybridized carbons (Fsp3) is 0.375. The zero-order valence-electron chi connectivity index (χ0n) is 15.0. The third kappa shape index (κ3) is 5.00. The van der Waals surface area contributed by atoms with Gasteiger partial charge in [-0.25, -0.2) is 13.2 Å². The number of anilines is 2. The number of rotatable bonds is 7. The summed E-state index contributed by atoms with van der Waals surface area (Å²) in [5.41, 5.74) is 4.43. The molecule has 1 aromatic carbocycles. The van der Waals surface area contributed by atoms with Crippen LogP contribution in [0.4, 0.5) is 33.3 Å². The second kappa shape index (κ2) is 9.02. The Balaban J connectivity index is 2.14. The summed E-state index contributed by atoms with van der Waals surface area (Å²) in [6.07, 6.45) is -4.39. The monoisotopic (exact) mass is 438 g/mol. The number of carbonyl (C=O) groups excluding carboxylic acids is 4. The average molecular weight is 438 g/mol. The van der Waals surface area contributed by atoms with Crippen LogP contribution in [0.5, 0.6) is 0 Å². The molecule has 1 atom stereocenters. The van der Waals surface area contributed by atoms with E-state index in [4.69, 9.17) is 10.5 Å². The summed E-state index contributed by atoms with van der Waals surface area (Å²) in [6.45, 7) is 0.00364. The summed E-state index contributed by atoms with van der Waals surface area (Å²) in [5.74, 6) is -12.3. The maximum absolute atomic E-state index is 14.3. The number of ether oxygens (including phenoxy) is 1. The predicted molar refractivity (Wildman–Crippen MR) is 90.3 cm³/mol. The molecule has 0 unspecified atom stereocenters. The van der Waals surface area contributed by atoms with Crippen LogP contribution in [-0.4, -0.2) is 61.8 Å². The zero-order chi connectivity index (χ0) is 22.6. The van der Waals surface area contributed by atoms with E-state index < -0.39 is 47.8 Å². The molecule has 0 aromatic heterocycles. The topological polar surface area (TPSA) is 131 Å². The summed E-state index contributed by atoms with van der Waals surface area (Å²) in [6, 6.07) is 0.554. The van der Waals surface area contributed by atoms with Crippen LogP contribution in [0, 0.1) is 5.82 Å². The molecule has 4 N–H and O–H groups in total. The van der Waals surface area contributed by atoms with Gasteiger partial charge in [-0.1, -0.05) is 0 Å². The molecule has 1 aliphatic heterocycles. The number of alkyl halides is 4. The van der Waals surface area contributed by atoms with E-state index in [1.807, 2.05) is 5.32 Å². The van der Waals surface area contributed by atoms with Crippen molar-refractivity contribution in [3.05, 3.63) is 24.0 Å². The quantitative estimate of drug-likeness (QED) is 0.408. The highest BCUT2D eigenvalue weighted by molar-refractivity contribution is 6.12. The second-order valence-electron chi connectivity index (χ2n) is 5.99. The van der Waals surface area contributed by atoms with E-state index in [1.54, 1.807) is 0 Å². The van der Waals surface area contributed by atoms with Crippen molar-refractivity contribution < 1.29 is 45.9 Å². The Kier molecular flexibility index (Phi) is 6.92. The number of nitrogens with one attached hydrogen (secondary N) is 2. The number of benzene rings is 1. The molecular weight excluding hydrogens is 423 g/mol. The van der Waals surface area contributed by atoms with Crippen LogP contribution in [-0.2, 0) is 23.9 Å². The summed E-state index contributed by atoms with van der Waals surface area (Å²) in [7, 11) is 0. The molecular formula is C16H15F5N4O5. The summed E-state index contributed by atoms with van der Waals surface area (Å²) < 4.78 is 69.8. The Morgan fingerprint density at radius 1 is 1.23 bits per heavy atom. The molecule has 1 aromatic rings. The normalized spacial score (nSPS) is 15.7. The van der Waals surface area contributed by atoms with E-state index in [1.165, 1.54) is 0 Å². The lowest BCUT2D eigenvalue weighted by Gasteiger charge is -2.27. The number of amides is 4. The average Bonchev–Trinajstić information content (AvgIpc) is 2.66. The van der Waals surface area contributed by atoms with E-state index in [0.29, 0.717) is 0 Å². The first-order valence-electron chi connectivity index (χ1n) is 8.20. The highest BCUT2D eigenvalue weighted by atomic mass is 19.3. The van der Waals surface area contributed by atoms with E-state index in [2.05, 4.69) is 0 Å². The maximum Gasteiger partial charge on any atom is 0.383 e. The lowest BCUT2D eigenvalue weighted by molar-refractivity contribution is -0.171. The van der Waals surface area contributed by atoms with Gasteiger partial charge in [-0.3, -0.25) is 19.2 Å². The van der Waals surface area contributed by atoms with Crippen molar-refractivity contribution in [1.82, 2.24) is 5.32 Å². The smallest absolute Gasteiger partial charge is 0.370 e. The number of primary amides is 1. The molecule has 0 aliphatic carbocycles. The fourth-order valence-electron chi connectivity index (χ4n) is 2.38. The Hall–Kier alpha value is -3.29. The Labute approximate surface area is 165 Å². The fourth-order valence-corrected chi connectivity index (χ4v) is 2.38. The molecule has 0 spiro atoms. The van der Waals surface area contributed by atoms with Crippen molar-refractivity contribution in [3.8, 4) is 0 Å². The maximum atomic E-state index is 14.3. The van der Waals surface area contributed by atoms with Crippen LogP contribution in [0.3, 0.4) is 0 Å². The van der Waals surface area contributed by atoms with E-state index >= 15 is 0 Å². The van der Waals surface area contributed by atoms with Gasteiger partial charge in [0, 0.05) is 12.2 Å². The zero-order valence-corrected chi connectivity index (χ0v) is 15.0. The number of halogens is 5. The van der Waals surface area contributed by atoms with Gasteiger partial charge in [0.05, 0.1) is 12.3 Å². The largest absolute Gasteiger partial charge is 0.383 e. The van der Waals surface area contributed by atoms with Gasteiger partial charge >= 0.3 is 12.3 Å². The first-order chi connectivity index (χ1) is 13.9. The van der Waals surface area contributed by atoms with Crippen LogP contribution >= 0.6 is 0 Å². The molecule has 0 bridgehead atoms. The van der Waals surface area contributed by atoms with Crippen molar-refractivity contribution in [2.45, 2.75) is 18.4 Å². The number of hydrogen-bond acceptors (Lipinski definition) is 5. The molecule has 30 heavy (non-hydrogen) atoms. The van der Waals surface area contributed by atoms with Crippen molar-refractivity contribution in [2.24, 2.45) is 5.73 Å². The highest BCUT2D eigenvalue weighted by Gasteiger charge is 2.50. The second-order valence-corrected chi connectivity index (χ2v) is 5.99. The van der Waals surface area contributed by atoms with Crippen LogP contribution in [0.1, 0.15) is 0 Å². The Bertz CT molecular complexity index is 866. The van der Waals surface area contributed by atoms with Crippen LogP contribution in [0.2, 0.25) is 0 Å².